The van der Waals surface area contributed by atoms with Crippen molar-refractivity contribution in [2.45, 2.75) is 6.54 Å². The molecule has 3 aromatic rings. The van der Waals surface area contributed by atoms with Crippen molar-refractivity contribution in [3.05, 3.63) is 76.2 Å². The molecule has 128 valence electrons. The third-order valence-electron chi connectivity index (χ3n) is 3.31. The number of urea groups is 1. The molecule has 0 radical (unpaired) electrons. The normalized spacial score (nSPS) is 10.5. The minimum absolute atomic E-state index is 0.323. The highest BCUT2D eigenvalue weighted by Gasteiger charge is 2.08. The molecular weight excluding hydrogens is 366 g/mol. The second kappa shape index (κ2) is 7.55. The van der Waals surface area contributed by atoms with Crippen LogP contribution in [-0.4, -0.2) is 15.8 Å². The zero-order valence-electron chi connectivity index (χ0n) is 12.8. The second-order valence-corrected chi connectivity index (χ2v) is 6.07. The summed E-state index contributed by atoms with van der Waals surface area (Å²) in [5, 5.41) is 10.4. The first-order valence-electron chi connectivity index (χ1n) is 7.30. The maximum atomic E-state index is 13.1. The fourth-order valence-electron chi connectivity index (χ4n) is 2.19. The first-order chi connectivity index (χ1) is 12.0. The number of nitrogens with one attached hydrogen (secondary N) is 2. The number of benzene rings is 2. The molecule has 0 saturated heterocycles. The Labute approximate surface area is 153 Å². The highest BCUT2D eigenvalue weighted by atomic mass is 35.5. The largest absolute Gasteiger partial charge is 0.324 e. The summed E-state index contributed by atoms with van der Waals surface area (Å²) in [5.74, 6) is -0.0213. The molecule has 0 aliphatic carbocycles. The van der Waals surface area contributed by atoms with Gasteiger partial charge in [0.05, 0.1) is 6.54 Å². The molecule has 8 heteroatoms. The summed E-state index contributed by atoms with van der Waals surface area (Å²) >= 11 is 11.9. The molecule has 2 aromatic carbocycles. The van der Waals surface area contributed by atoms with Crippen LogP contribution in [0, 0.1) is 5.82 Å². The van der Waals surface area contributed by atoms with Crippen molar-refractivity contribution in [3.8, 4) is 0 Å². The molecule has 2 amide bonds. The molecule has 0 bridgehead atoms. The zero-order chi connectivity index (χ0) is 17.8. The minimum atomic E-state index is -0.438. The lowest BCUT2D eigenvalue weighted by Gasteiger charge is -2.06. The molecule has 25 heavy (non-hydrogen) atoms. The maximum Gasteiger partial charge on any atom is 0.324 e. The number of halogens is 3. The van der Waals surface area contributed by atoms with Gasteiger partial charge in [-0.25, -0.2) is 9.18 Å². The van der Waals surface area contributed by atoms with Gasteiger partial charge in [-0.15, -0.1) is 0 Å². The van der Waals surface area contributed by atoms with Crippen LogP contribution >= 0.6 is 23.2 Å². The van der Waals surface area contributed by atoms with Crippen LogP contribution in [0.5, 0.6) is 0 Å². The predicted molar refractivity (Wildman–Crippen MR) is 96.8 cm³/mol. The molecule has 0 aliphatic rings. The number of carbonyl (C=O) groups is 1. The summed E-state index contributed by atoms with van der Waals surface area (Å²) in [6.07, 6.45) is 1.69. The Kier molecular flexibility index (Phi) is 5.21. The Bertz CT molecular complexity index is 913. The van der Waals surface area contributed by atoms with E-state index >= 15 is 0 Å². The van der Waals surface area contributed by atoms with Crippen LogP contribution in [0.2, 0.25) is 10.0 Å². The van der Waals surface area contributed by atoms with Crippen molar-refractivity contribution in [1.82, 2.24) is 9.78 Å². The van der Waals surface area contributed by atoms with Crippen molar-refractivity contribution in [2.24, 2.45) is 0 Å². The monoisotopic (exact) mass is 378 g/mol. The molecular formula is C17H13Cl2FN4O. The number of rotatable bonds is 4. The lowest BCUT2D eigenvalue weighted by Crippen LogP contribution is -2.19. The van der Waals surface area contributed by atoms with E-state index in [0.29, 0.717) is 28.1 Å². The van der Waals surface area contributed by atoms with Crippen molar-refractivity contribution < 1.29 is 9.18 Å². The summed E-state index contributed by atoms with van der Waals surface area (Å²) in [4.78, 5) is 12.0. The van der Waals surface area contributed by atoms with E-state index in [0.717, 1.165) is 5.56 Å². The van der Waals surface area contributed by atoms with Crippen LogP contribution in [-0.2, 0) is 6.54 Å². The van der Waals surface area contributed by atoms with E-state index < -0.39 is 11.8 Å². The number of carbonyl (C=O) groups excluding carboxylic acids is 1. The molecule has 5 nitrogen and oxygen atoms in total. The molecule has 2 N–H and O–H groups in total. The van der Waals surface area contributed by atoms with Gasteiger partial charge in [0.25, 0.3) is 0 Å². The van der Waals surface area contributed by atoms with Crippen LogP contribution in [0.1, 0.15) is 5.56 Å². The van der Waals surface area contributed by atoms with Gasteiger partial charge in [-0.1, -0.05) is 35.3 Å². The standard InChI is InChI=1S/C17H13Cl2FN4O/c18-12-2-1-3-14(8-12)21-17(25)22-16-6-7-24(23-16)10-11-4-5-13(20)9-15(11)19/h1-9H,10H2,(H2,21,22,23,25). The molecule has 0 aliphatic heterocycles. The van der Waals surface area contributed by atoms with Crippen molar-refractivity contribution in [2.75, 3.05) is 10.6 Å². The smallest absolute Gasteiger partial charge is 0.308 e. The first-order valence-corrected chi connectivity index (χ1v) is 8.06. The average Bonchev–Trinajstić information content (AvgIpc) is 2.97. The molecule has 0 spiro atoms. The minimum Gasteiger partial charge on any atom is -0.308 e. The van der Waals surface area contributed by atoms with Gasteiger partial charge >= 0.3 is 6.03 Å². The number of hydrogen-bond acceptors (Lipinski definition) is 2. The SMILES string of the molecule is O=C(Nc1cccc(Cl)c1)Nc1ccn(Cc2ccc(F)cc2Cl)n1. The van der Waals surface area contributed by atoms with E-state index in [2.05, 4.69) is 15.7 Å². The molecule has 1 heterocycles. The molecule has 0 atom stereocenters. The van der Waals surface area contributed by atoms with Gasteiger partial charge in [-0.2, -0.15) is 5.10 Å². The summed E-state index contributed by atoms with van der Waals surface area (Å²) in [7, 11) is 0. The highest BCUT2D eigenvalue weighted by molar-refractivity contribution is 6.31. The van der Waals surface area contributed by atoms with Gasteiger partial charge in [0.1, 0.15) is 5.82 Å². The van der Waals surface area contributed by atoms with Gasteiger partial charge < -0.3 is 5.32 Å². The summed E-state index contributed by atoms with van der Waals surface area (Å²) < 4.78 is 14.7. The van der Waals surface area contributed by atoms with Crippen LogP contribution in [0.25, 0.3) is 0 Å². The molecule has 3 rings (SSSR count). The maximum absolute atomic E-state index is 13.1. The summed E-state index contributed by atoms with van der Waals surface area (Å²) in [5.41, 5.74) is 1.30. The van der Waals surface area contributed by atoms with E-state index in [4.69, 9.17) is 23.2 Å². The highest BCUT2D eigenvalue weighted by Crippen LogP contribution is 2.19. The van der Waals surface area contributed by atoms with Crippen LogP contribution in [0.15, 0.2) is 54.7 Å². The Balaban J connectivity index is 1.62. The number of amides is 2. The Morgan fingerprint density at radius 3 is 2.72 bits per heavy atom. The fourth-order valence-corrected chi connectivity index (χ4v) is 2.60. The fraction of sp³-hybridized carbons (Fsp3) is 0.0588. The van der Waals surface area contributed by atoms with E-state index in [1.807, 2.05) is 0 Å². The lowest BCUT2D eigenvalue weighted by atomic mass is 10.2. The second-order valence-electron chi connectivity index (χ2n) is 5.22. The van der Waals surface area contributed by atoms with E-state index in [9.17, 15) is 9.18 Å². The Hall–Kier alpha value is -2.57. The third-order valence-corrected chi connectivity index (χ3v) is 3.90. The predicted octanol–water partition coefficient (Wildman–Crippen LogP) is 5.02. The van der Waals surface area contributed by atoms with E-state index in [1.54, 1.807) is 47.3 Å². The van der Waals surface area contributed by atoms with E-state index in [1.165, 1.54) is 12.1 Å². The third kappa shape index (κ3) is 4.71. The number of hydrogen-bond donors (Lipinski definition) is 2. The van der Waals surface area contributed by atoms with Crippen molar-refractivity contribution in [1.29, 1.82) is 0 Å². The Morgan fingerprint density at radius 2 is 1.96 bits per heavy atom. The number of anilines is 2. The topological polar surface area (TPSA) is 59.0 Å². The lowest BCUT2D eigenvalue weighted by molar-refractivity contribution is 0.262. The average molecular weight is 379 g/mol. The first kappa shape index (κ1) is 17.3. The van der Waals surface area contributed by atoms with Gasteiger partial charge in [-0.05, 0) is 35.9 Å². The van der Waals surface area contributed by atoms with Crippen molar-refractivity contribution >= 4 is 40.7 Å². The number of nitrogens with zero attached hydrogens (tertiary/aromatic N) is 2. The molecule has 1 aromatic heterocycles. The van der Waals surface area contributed by atoms with Gasteiger partial charge in [0.15, 0.2) is 5.82 Å². The van der Waals surface area contributed by atoms with Crippen molar-refractivity contribution in [3.63, 3.8) is 0 Å². The Morgan fingerprint density at radius 1 is 1.12 bits per heavy atom. The zero-order valence-corrected chi connectivity index (χ0v) is 14.4. The van der Waals surface area contributed by atoms with Gasteiger partial charge in [0, 0.05) is 28.0 Å². The molecule has 0 fully saturated rings. The molecule has 0 saturated carbocycles. The number of aromatic nitrogens is 2. The van der Waals surface area contributed by atoms with Crippen LogP contribution in [0.4, 0.5) is 20.7 Å². The van der Waals surface area contributed by atoms with E-state index in [-0.39, 0.29) is 0 Å². The van der Waals surface area contributed by atoms with Crippen LogP contribution in [0.3, 0.4) is 0 Å². The summed E-state index contributed by atoms with van der Waals surface area (Å²) in [6, 6.07) is 12.2. The summed E-state index contributed by atoms with van der Waals surface area (Å²) in [6.45, 7) is 0.358. The van der Waals surface area contributed by atoms with Gasteiger partial charge in [-0.3, -0.25) is 10.00 Å². The van der Waals surface area contributed by atoms with Crippen LogP contribution < -0.4 is 10.6 Å². The molecule has 0 unspecified atom stereocenters. The van der Waals surface area contributed by atoms with Gasteiger partial charge in [0.2, 0.25) is 0 Å². The quantitative estimate of drug-likeness (QED) is 0.669.